The van der Waals surface area contributed by atoms with Crippen molar-refractivity contribution in [1.29, 1.82) is 0 Å². The maximum absolute atomic E-state index is 13.3. The Morgan fingerprint density at radius 2 is 2.18 bits per heavy atom. The van der Waals surface area contributed by atoms with E-state index in [-0.39, 0.29) is 16.4 Å². The molecule has 0 aromatic heterocycles. The van der Waals surface area contributed by atoms with E-state index in [9.17, 15) is 14.0 Å². The molecule has 2 N–H and O–H groups in total. The Balaban J connectivity index is 2.84. The molecule has 0 spiro atoms. The average Bonchev–Trinajstić information content (AvgIpc) is 2.27. The summed E-state index contributed by atoms with van der Waals surface area (Å²) in [6, 6.07) is 3.44. The molecule has 92 valence electrons. The average molecular weight is 304 g/mol. The van der Waals surface area contributed by atoms with Crippen LogP contribution in [-0.4, -0.2) is 21.8 Å². The van der Waals surface area contributed by atoms with Crippen LogP contribution in [0.15, 0.2) is 18.2 Å². The third-order valence-electron chi connectivity index (χ3n) is 2.11. The van der Waals surface area contributed by atoms with Gasteiger partial charge in [-0.25, -0.2) is 9.18 Å². The van der Waals surface area contributed by atoms with Gasteiger partial charge in [0.15, 0.2) is 0 Å². The number of halogens is 2. The number of anilines is 1. The molecule has 0 saturated heterocycles. The smallest absolute Gasteiger partial charge is 0.338 e. The van der Waals surface area contributed by atoms with Crippen LogP contribution in [0.1, 0.15) is 23.7 Å². The maximum atomic E-state index is 13.3. The van der Waals surface area contributed by atoms with E-state index in [4.69, 9.17) is 5.11 Å². The molecule has 1 amide bonds. The van der Waals surface area contributed by atoms with E-state index in [0.29, 0.717) is 6.42 Å². The molecule has 1 aromatic carbocycles. The lowest BCUT2D eigenvalue weighted by molar-refractivity contribution is -0.115. The molecule has 17 heavy (non-hydrogen) atoms. The van der Waals surface area contributed by atoms with Gasteiger partial charge in [-0.3, -0.25) is 4.79 Å². The van der Waals surface area contributed by atoms with Gasteiger partial charge in [-0.05, 0) is 24.6 Å². The number of hydrogen-bond acceptors (Lipinski definition) is 2. The summed E-state index contributed by atoms with van der Waals surface area (Å²) < 4.78 is 13.3. The zero-order valence-corrected chi connectivity index (χ0v) is 10.6. The van der Waals surface area contributed by atoms with Crippen molar-refractivity contribution in [3.63, 3.8) is 0 Å². The zero-order chi connectivity index (χ0) is 13.0. The molecular weight excluding hydrogens is 293 g/mol. The predicted molar refractivity (Wildman–Crippen MR) is 65.0 cm³/mol. The van der Waals surface area contributed by atoms with E-state index in [1.165, 1.54) is 6.07 Å². The number of carbonyl (C=O) groups excluding carboxylic acids is 1. The topological polar surface area (TPSA) is 66.4 Å². The van der Waals surface area contributed by atoms with Crippen molar-refractivity contribution in [3.8, 4) is 0 Å². The summed E-state index contributed by atoms with van der Waals surface area (Å²) in [6.45, 7) is 1.83. The molecule has 0 aliphatic carbocycles. The van der Waals surface area contributed by atoms with E-state index >= 15 is 0 Å². The number of rotatable bonds is 4. The van der Waals surface area contributed by atoms with Crippen LogP contribution in [-0.2, 0) is 4.79 Å². The number of carbonyl (C=O) groups is 2. The van der Waals surface area contributed by atoms with E-state index in [0.717, 1.165) is 12.1 Å². The lowest BCUT2D eigenvalue weighted by Crippen LogP contribution is -2.22. The quantitative estimate of drug-likeness (QED) is 0.840. The fraction of sp³-hybridized carbons (Fsp3) is 0.273. The Morgan fingerprint density at radius 3 is 2.65 bits per heavy atom. The second-order valence-electron chi connectivity index (χ2n) is 3.36. The Morgan fingerprint density at radius 1 is 1.53 bits per heavy atom. The molecule has 1 aromatic rings. The van der Waals surface area contributed by atoms with Crippen LogP contribution in [0.5, 0.6) is 0 Å². The second-order valence-corrected chi connectivity index (χ2v) is 4.47. The number of carboxylic acid groups (broad SMARTS) is 1. The minimum absolute atomic E-state index is 0.232. The molecule has 0 fully saturated rings. The van der Waals surface area contributed by atoms with Crippen LogP contribution in [0, 0.1) is 5.82 Å². The SMILES string of the molecule is CC[C@H](Br)C(=O)Nc1ccc(C(=O)O)c(F)c1. The van der Waals surface area contributed by atoms with Gasteiger partial charge in [0.25, 0.3) is 0 Å². The molecule has 0 saturated carbocycles. The number of carboxylic acids is 1. The first-order valence-corrected chi connectivity index (χ1v) is 5.85. The summed E-state index contributed by atoms with van der Waals surface area (Å²) in [4.78, 5) is 21.7. The van der Waals surface area contributed by atoms with Gasteiger partial charge >= 0.3 is 5.97 Å². The number of amides is 1. The van der Waals surface area contributed by atoms with Gasteiger partial charge in [0.2, 0.25) is 5.91 Å². The van der Waals surface area contributed by atoms with Crippen LogP contribution in [0.2, 0.25) is 0 Å². The fourth-order valence-electron chi connectivity index (χ4n) is 1.17. The Hall–Kier alpha value is -1.43. The third kappa shape index (κ3) is 3.52. The van der Waals surface area contributed by atoms with Crippen molar-refractivity contribution >= 4 is 33.5 Å². The predicted octanol–water partition coefficient (Wildman–Crippen LogP) is 2.64. The van der Waals surface area contributed by atoms with Crippen molar-refractivity contribution < 1.29 is 19.1 Å². The van der Waals surface area contributed by atoms with Crippen LogP contribution in [0.4, 0.5) is 10.1 Å². The minimum Gasteiger partial charge on any atom is -0.478 e. The molecule has 0 heterocycles. The zero-order valence-electron chi connectivity index (χ0n) is 9.04. The standard InChI is InChI=1S/C11H11BrFNO3/c1-2-8(12)10(15)14-6-3-4-7(11(16)17)9(13)5-6/h3-5,8H,2H2,1H3,(H,14,15)(H,16,17)/t8-/m0/s1. The van der Waals surface area contributed by atoms with Gasteiger partial charge < -0.3 is 10.4 Å². The molecular formula is C11H11BrFNO3. The van der Waals surface area contributed by atoms with Gasteiger partial charge in [0.1, 0.15) is 5.82 Å². The van der Waals surface area contributed by atoms with Crippen molar-refractivity contribution in [2.45, 2.75) is 18.2 Å². The van der Waals surface area contributed by atoms with Gasteiger partial charge in [0, 0.05) is 5.69 Å². The molecule has 0 aliphatic heterocycles. The Labute approximate surface area is 106 Å². The van der Waals surface area contributed by atoms with Crippen LogP contribution >= 0.6 is 15.9 Å². The first-order valence-electron chi connectivity index (χ1n) is 4.93. The van der Waals surface area contributed by atoms with Crippen molar-refractivity contribution in [2.24, 2.45) is 0 Å². The van der Waals surface area contributed by atoms with Crippen LogP contribution < -0.4 is 5.32 Å². The minimum atomic E-state index is -1.34. The van der Waals surface area contributed by atoms with E-state index in [2.05, 4.69) is 21.2 Å². The van der Waals surface area contributed by atoms with Crippen LogP contribution in [0.25, 0.3) is 0 Å². The first-order chi connectivity index (χ1) is 7.95. The van der Waals surface area contributed by atoms with E-state index in [1.807, 2.05) is 6.92 Å². The van der Waals surface area contributed by atoms with Gasteiger partial charge in [-0.15, -0.1) is 0 Å². The summed E-state index contributed by atoms with van der Waals surface area (Å²) in [7, 11) is 0. The lowest BCUT2D eigenvalue weighted by atomic mass is 10.2. The molecule has 4 nitrogen and oxygen atoms in total. The number of hydrogen-bond donors (Lipinski definition) is 2. The maximum Gasteiger partial charge on any atom is 0.338 e. The molecule has 0 radical (unpaired) electrons. The van der Waals surface area contributed by atoms with Crippen molar-refractivity contribution in [1.82, 2.24) is 0 Å². The van der Waals surface area contributed by atoms with Gasteiger partial charge in [-0.1, -0.05) is 22.9 Å². The number of alkyl halides is 1. The highest BCUT2D eigenvalue weighted by Crippen LogP contribution is 2.16. The molecule has 1 rings (SSSR count). The molecule has 1 atom stereocenters. The van der Waals surface area contributed by atoms with E-state index in [1.54, 1.807) is 0 Å². The lowest BCUT2D eigenvalue weighted by Gasteiger charge is -2.09. The van der Waals surface area contributed by atoms with Gasteiger partial charge in [0.05, 0.1) is 10.4 Å². The fourth-order valence-corrected chi connectivity index (χ4v) is 1.29. The Kier molecular flexibility index (Phi) is 4.62. The number of aromatic carboxylic acids is 1. The van der Waals surface area contributed by atoms with Crippen LogP contribution in [0.3, 0.4) is 0 Å². The Bertz CT molecular complexity index is 450. The van der Waals surface area contributed by atoms with E-state index < -0.39 is 17.3 Å². The normalized spacial score (nSPS) is 11.9. The monoisotopic (exact) mass is 303 g/mol. The highest BCUT2D eigenvalue weighted by Gasteiger charge is 2.14. The van der Waals surface area contributed by atoms with Crippen molar-refractivity contribution in [3.05, 3.63) is 29.6 Å². The summed E-state index contributed by atoms with van der Waals surface area (Å²) >= 11 is 3.16. The summed E-state index contributed by atoms with van der Waals surface area (Å²) in [5.41, 5.74) is -0.190. The number of benzene rings is 1. The third-order valence-corrected chi connectivity index (χ3v) is 3.17. The highest BCUT2D eigenvalue weighted by molar-refractivity contribution is 9.10. The molecule has 0 bridgehead atoms. The molecule has 0 aliphatic rings. The summed E-state index contributed by atoms with van der Waals surface area (Å²) in [6.07, 6.45) is 0.599. The molecule has 0 unspecified atom stereocenters. The summed E-state index contributed by atoms with van der Waals surface area (Å²) in [5.74, 6) is -2.51. The largest absolute Gasteiger partial charge is 0.478 e. The summed E-state index contributed by atoms with van der Waals surface area (Å²) in [5, 5.41) is 11.1. The number of nitrogens with one attached hydrogen (secondary N) is 1. The molecule has 6 heteroatoms. The van der Waals surface area contributed by atoms with Gasteiger partial charge in [-0.2, -0.15) is 0 Å². The highest BCUT2D eigenvalue weighted by atomic mass is 79.9. The second kappa shape index (κ2) is 5.77. The van der Waals surface area contributed by atoms with Crippen molar-refractivity contribution in [2.75, 3.05) is 5.32 Å². The first kappa shape index (κ1) is 13.6.